The van der Waals surface area contributed by atoms with Crippen LogP contribution in [0, 0.1) is 0 Å². The van der Waals surface area contributed by atoms with Crippen molar-refractivity contribution >= 4 is 6.21 Å². The van der Waals surface area contributed by atoms with Gasteiger partial charge in [-0.1, -0.05) is 0 Å². The maximum absolute atomic E-state index is 5.34. The van der Waals surface area contributed by atoms with Crippen LogP contribution in [0.3, 0.4) is 0 Å². The quantitative estimate of drug-likeness (QED) is 0.650. The second-order valence-corrected chi connectivity index (χ2v) is 2.54. The third-order valence-electron chi connectivity index (χ3n) is 1.48. The van der Waals surface area contributed by atoms with E-state index in [0.717, 1.165) is 11.5 Å². The molecule has 0 spiro atoms. The van der Waals surface area contributed by atoms with Crippen LogP contribution in [-0.4, -0.2) is 19.0 Å². The monoisotopic (exact) mass is 154 g/mol. The van der Waals surface area contributed by atoms with E-state index in [0.29, 0.717) is 6.61 Å². The first kappa shape index (κ1) is 8.11. The van der Waals surface area contributed by atoms with E-state index >= 15 is 0 Å². The number of aliphatic imine (C=N–C) groups is 1. The summed E-state index contributed by atoms with van der Waals surface area (Å²) in [5.74, 6) is 0.856. The Hall–Kier alpha value is -0.990. The minimum absolute atomic E-state index is 0.139. The van der Waals surface area contributed by atoms with Crippen molar-refractivity contribution in [3.05, 3.63) is 11.5 Å². The predicted octanol–water partition coefficient (Wildman–Crippen LogP) is 1.27. The number of hydrogen-bond donors (Lipinski definition) is 1. The van der Waals surface area contributed by atoms with Crippen molar-refractivity contribution < 1.29 is 4.74 Å². The van der Waals surface area contributed by atoms with Crippen LogP contribution in [0.15, 0.2) is 16.4 Å². The third kappa shape index (κ3) is 1.97. The van der Waals surface area contributed by atoms with Gasteiger partial charge in [-0.3, -0.25) is 4.99 Å². The van der Waals surface area contributed by atoms with Crippen LogP contribution >= 0.6 is 0 Å². The van der Waals surface area contributed by atoms with Gasteiger partial charge >= 0.3 is 0 Å². The van der Waals surface area contributed by atoms with Crippen LogP contribution in [-0.2, 0) is 4.74 Å². The van der Waals surface area contributed by atoms with Gasteiger partial charge in [-0.05, 0) is 20.8 Å². The third-order valence-corrected chi connectivity index (χ3v) is 1.48. The maximum Gasteiger partial charge on any atom is 0.192 e. The van der Waals surface area contributed by atoms with E-state index in [2.05, 4.69) is 10.3 Å². The summed E-state index contributed by atoms with van der Waals surface area (Å²) >= 11 is 0. The van der Waals surface area contributed by atoms with Crippen LogP contribution in [0.5, 0.6) is 0 Å². The summed E-state index contributed by atoms with van der Waals surface area (Å²) in [6.45, 7) is 6.63. The van der Waals surface area contributed by atoms with Crippen LogP contribution in [0.4, 0.5) is 0 Å². The first-order chi connectivity index (χ1) is 5.24. The Morgan fingerprint density at radius 2 is 2.45 bits per heavy atom. The molecule has 0 aromatic heterocycles. The minimum Gasteiger partial charge on any atom is -0.479 e. The van der Waals surface area contributed by atoms with E-state index in [4.69, 9.17) is 4.74 Å². The number of ether oxygens (including phenoxy) is 1. The minimum atomic E-state index is 0.139. The highest BCUT2D eigenvalue weighted by Gasteiger charge is 2.09. The topological polar surface area (TPSA) is 33.6 Å². The molecule has 0 saturated carbocycles. The summed E-state index contributed by atoms with van der Waals surface area (Å²) in [5.41, 5.74) is 1.06. The lowest BCUT2D eigenvalue weighted by atomic mass is 10.3. The zero-order chi connectivity index (χ0) is 8.27. The van der Waals surface area contributed by atoms with E-state index < -0.39 is 0 Å². The van der Waals surface area contributed by atoms with Crippen molar-refractivity contribution in [1.29, 1.82) is 0 Å². The van der Waals surface area contributed by atoms with Gasteiger partial charge in [-0.25, -0.2) is 0 Å². The summed E-state index contributed by atoms with van der Waals surface area (Å²) in [6, 6.07) is 0. The first-order valence-electron chi connectivity index (χ1n) is 3.87. The molecule has 0 saturated heterocycles. The largest absolute Gasteiger partial charge is 0.479 e. The number of nitrogens with one attached hydrogen (secondary N) is 1. The molecule has 0 aromatic rings. The van der Waals surface area contributed by atoms with Crippen molar-refractivity contribution in [2.45, 2.75) is 26.9 Å². The molecule has 1 heterocycles. The number of rotatable bonds is 2. The fraction of sp³-hybridized carbons (Fsp3) is 0.625. The average molecular weight is 154 g/mol. The lowest BCUT2D eigenvalue weighted by Gasteiger charge is -2.19. The van der Waals surface area contributed by atoms with E-state index in [1.54, 1.807) is 0 Å². The zero-order valence-electron chi connectivity index (χ0n) is 7.22. The fourth-order valence-corrected chi connectivity index (χ4v) is 0.923. The molecule has 0 aliphatic carbocycles. The Labute approximate surface area is 67.2 Å². The highest BCUT2D eigenvalue weighted by molar-refractivity contribution is 5.79. The molecule has 1 rings (SSSR count). The number of nitrogens with zero attached hydrogens (tertiary/aromatic N) is 1. The molecule has 11 heavy (non-hydrogen) atoms. The second-order valence-electron chi connectivity index (χ2n) is 2.54. The molecule has 1 N–H and O–H groups in total. The zero-order valence-corrected chi connectivity index (χ0v) is 7.22. The van der Waals surface area contributed by atoms with Gasteiger partial charge in [0.1, 0.15) is 6.17 Å². The van der Waals surface area contributed by atoms with Gasteiger partial charge in [-0.15, -0.1) is 0 Å². The van der Waals surface area contributed by atoms with Crippen molar-refractivity contribution in [3.63, 3.8) is 0 Å². The van der Waals surface area contributed by atoms with Gasteiger partial charge in [0.2, 0.25) is 0 Å². The maximum atomic E-state index is 5.34. The lowest BCUT2D eigenvalue weighted by molar-refractivity contribution is 0.195. The predicted molar refractivity (Wildman–Crippen MR) is 45.4 cm³/mol. The molecule has 1 atom stereocenters. The summed E-state index contributed by atoms with van der Waals surface area (Å²) < 4.78 is 5.34. The normalized spacial score (nSPS) is 23.4. The molecule has 1 unspecified atom stereocenters. The lowest BCUT2D eigenvalue weighted by Crippen LogP contribution is -2.29. The molecule has 3 nitrogen and oxygen atoms in total. The van der Waals surface area contributed by atoms with Crippen LogP contribution < -0.4 is 5.32 Å². The Balaban J connectivity index is 2.65. The smallest absolute Gasteiger partial charge is 0.192 e. The molecule has 0 radical (unpaired) electrons. The SMILES string of the molecule is CCOC1=C(C)C=NC(C)N1. The molecule has 0 aromatic carbocycles. The van der Waals surface area contributed by atoms with Crippen molar-refractivity contribution in [3.8, 4) is 0 Å². The first-order valence-corrected chi connectivity index (χ1v) is 3.87. The molecule has 62 valence electrons. The van der Waals surface area contributed by atoms with Crippen molar-refractivity contribution in [2.75, 3.05) is 6.61 Å². The molecule has 1 aliphatic heterocycles. The molecule has 0 bridgehead atoms. The Bertz CT molecular complexity index is 196. The Kier molecular flexibility index (Phi) is 2.52. The van der Waals surface area contributed by atoms with Gasteiger partial charge in [0.15, 0.2) is 5.88 Å². The second kappa shape index (κ2) is 3.42. The number of allylic oxidation sites excluding steroid dienone is 1. The van der Waals surface area contributed by atoms with Crippen molar-refractivity contribution in [2.24, 2.45) is 4.99 Å². The summed E-state index contributed by atoms with van der Waals surface area (Å²) in [4.78, 5) is 4.17. The average Bonchev–Trinajstić information content (AvgIpc) is 1.98. The van der Waals surface area contributed by atoms with Crippen LogP contribution in [0.1, 0.15) is 20.8 Å². The fourth-order valence-electron chi connectivity index (χ4n) is 0.923. The van der Waals surface area contributed by atoms with Gasteiger partial charge < -0.3 is 10.1 Å². The Morgan fingerprint density at radius 1 is 1.73 bits per heavy atom. The molecule has 0 amide bonds. The van der Waals surface area contributed by atoms with Crippen molar-refractivity contribution in [1.82, 2.24) is 5.32 Å². The highest BCUT2D eigenvalue weighted by atomic mass is 16.5. The number of hydrogen-bond acceptors (Lipinski definition) is 3. The van der Waals surface area contributed by atoms with Gasteiger partial charge in [0, 0.05) is 11.8 Å². The molecular formula is C8H14N2O. The highest BCUT2D eigenvalue weighted by Crippen LogP contribution is 2.07. The van der Waals surface area contributed by atoms with E-state index in [9.17, 15) is 0 Å². The summed E-state index contributed by atoms with van der Waals surface area (Å²) in [7, 11) is 0. The standard InChI is InChI=1S/C8H14N2O/c1-4-11-8-6(2)5-9-7(3)10-8/h5,7,10H,4H2,1-3H3. The van der Waals surface area contributed by atoms with Crippen LogP contribution in [0.25, 0.3) is 0 Å². The molecule has 1 aliphatic rings. The van der Waals surface area contributed by atoms with Gasteiger partial charge in [0.05, 0.1) is 6.61 Å². The summed E-state index contributed by atoms with van der Waals surface area (Å²) in [6.07, 6.45) is 1.98. The molecule has 0 fully saturated rings. The van der Waals surface area contributed by atoms with E-state index in [1.165, 1.54) is 0 Å². The van der Waals surface area contributed by atoms with Gasteiger partial charge in [0.25, 0.3) is 0 Å². The van der Waals surface area contributed by atoms with E-state index in [1.807, 2.05) is 27.0 Å². The Morgan fingerprint density at radius 3 is 3.09 bits per heavy atom. The van der Waals surface area contributed by atoms with Gasteiger partial charge in [-0.2, -0.15) is 0 Å². The molecule has 3 heteroatoms. The molecular weight excluding hydrogens is 140 g/mol. The van der Waals surface area contributed by atoms with E-state index in [-0.39, 0.29) is 6.17 Å². The van der Waals surface area contributed by atoms with Crippen LogP contribution in [0.2, 0.25) is 0 Å². The summed E-state index contributed by atoms with van der Waals surface area (Å²) in [5, 5.41) is 3.13.